The third-order valence-electron chi connectivity index (χ3n) is 5.21. The van der Waals surface area contributed by atoms with Crippen molar-refractivity contribution in [3.63, 3.8) is 0 Å². The summed E-state index contributed by atoms with van der Waals surface area (Å²) in [6.45, 7) is 3.66. The third-order valence-corrected chi connectivity index (χ3v) is 5.56. The Hall–Kier alpha value is -2.21. The van der Waals surface area contributed by atoms with Crippen LogP contribution in [0, 0.1) is 0 Å². The molecule has 2 aliphatic heterocycles. The first-order chi connectivity index (χ1) is 12.6. The van der Waals surface area contributed by atoms with Crippen LogP contribution in [-0.2, 0) is 11.2 Å². The van der Waals surface area contributed by atoms with Crippen LogP contribution in [0.25, 0.3) is 0 Å². The van der Waals surface area contributed by atoms with Gasteiger partial charge >= 0.3 is 5.97 Å². The molecule has 0 amide bonds. The fourth-order valence-corrected chi connectivity index (χ4v) is 3.98. The molecule has 6 nitrogen and oxygen atoms in total. The number of halogens is 1. The number of aromatic nitrogens is 1. The SMILES string of the molecule is CCOC(=O)c1cc(N2CCC3(CCc4c(Cl)cccc4O3)CC2)no1. The Kier molecular flexibility index (Phi) is 4.53. The minimum absolute atomic E-state index is 0.139. The lowest BCUT2D eigenvalue weighted by Crippen LogP contribution is -2.50. The molecule has 0 aliphatic carbocycles. The summed E-state index contributed by atoms with van der Waals surface area (Å²) in [5.74, 6) is 1.23. The summed E-state index contributed by atoms with van der Waals surface area (Å²) in [6, 6.07) is 7.49. The van der Waals surface area contributed by atoms with Crippen molar-refractivity contribution in [1.29, 1.82) is 0 Å². The molecule has 1 spiro atoms. The molecule has 0 atom stereocenters. The van der Waals surface area contributed by atoms with E-state index in [0.29, 0.717) is 12.4 Å². The zero-order valence-corrected chi connectivity index (χ0v) is 15.4. The Bertz CT molecular complexity index is 812. The molecule has 7 heteroatoms. The standard InChI is InChI=1S/C19H21ClN2O4/c1-2-24-18(23)16-12-17(21-26-16)22-10-8-19(9-11-22)7-6-13-14(20)4-3-5-15(13)25-19/h3-5,12H,2,6-11H2,1H3. The van der Waals surface area contributed by atoms with Crippen LogP contribution in [0.5, 0.6) is 5.75 Å². The lowest BCUT2D eigenvalue weighted by Gasteiger charge is -2.44. The number of ether oxygens (including phenoxy) is 2. The number of hydrogen-bond donors (Lipinski definition) is 0. The highest BCUT2D eigenvalue weighted by molar-refractivity contribution is 6.31. The van der Waals surface area contributed by atoms with Gasteiger partial charge in [-0.2, -0.15) is 0 Å². The molecule has 26 heavy (non-hydrogen) atoms. The lowest BCUT2D eigenvalue weighted by atomic mass is 9.83. The zero-order valence-electron chi connectivity index (χ0n) is 14.7. The number of rotatable bonds is 3. The molecule has 1 aromatic heterocycles. The average molecular weight is 377 g/mol. The summed E-state index contributed by atoms with van der Waals surface area (Å²) in [6.07, 6.45) is 3.68. The number of hydrogen-bond acceptors (Lipinski definition) is 6. The quantitative estimate of drug-likeness (QED) is 0.758. The molecule has 0 N–H and O–H groups in total. The molecular formula is C19H21ClN2O4. The van der Waals surface area contributed by atoms with Crippen LogP contribution in [0.2, 0.25) is 5.02 Å². The molecule has 0 unspecified atom stereocenters. The first kappa shape index (κ1) is 17.2. The average Bonchev–Trinajstić information content (AvgIpc) is 3.13. The van der Waals surface area contributed by atoms with E-state index in [4.69, 9.17) is 25.6 Å². The van der Waals surface area contributed by atoms with Crippen molar-refractivity contribution in [3.8, 4) is 5.75 Å². The van der Waals surface area contributed by atoms with E-state index in [1.807, 2.05) is 18.2 Å². The highest BCUT2D eigenvalue weighted by atomic mass is 35.5. The molecule has 1 aromatic carbocycles. The van der Waals surface area contributed by atoms with Gasteiger partial charge in [0.2, 0.25) is 5.76 Å². The number of nitrogens with zero attached hydrogens (tertiary/aromatic N) is 2. The van der Waals surface area contributed by atoms with E-state index in [9.17, 15) is 4.79 Å². The van der Waals surface area contributed by atoms with E-state index in [1.54, 1.807) is 13.0 Å². The van der Waals surface area contributed by atoms with Crippen LogP contribution in [0.3, 0.4) is 0 Å². The molecule has 1 fully saturated rings. The van der Waals surface area contributed by atoms with Crippen molar-refractivity contribution >= 4 is 23.4 Å². The molecule has 3 heterocycles. The number of fused-ring (bicyclic) bond motifs is 1. The molecule has 4 rings (SSSR count). The van der Waals surface area contributed by atoms with E-state index in [0.717, 1.165) is 55.1 Å². The first-order valence-corrected chi connectivity index (χ1v) is 9.33. The maximum Gasteiger partial charge on any atom is 0.377 e. The van der Waals surface area contributed by atoms with Crippen LogP contribution in [0.1, 0.15) is 42.3 Å². The second-order valence-corrected chi connectivity index (χ2v) is 7.17. The van der Waals surface area contributed by atoms with Crippen LogP contribution < -0.4 is 9.64 Å². The molecule has 0 radical (unpaired) electrons. The lowest BCUT2D eigenvalue weighted by molar-refractivity contribution is 0.0224. The Morgan fingerprint density at radius 2 is 2.15 bits per heavy atom. The Morgan fingerprint density at radius 1 is 1.35 bits per heavy atom. The summed E-state index contributed by atoms with van der Waals surface area (Å²) >= 11 is 6.28. The van der Waals surface area contributed by atoms with Crippen molar-refractivity contribution in [1.82, 2.24) is 5.16 Å². The summed E-state index contributed by atoms with van der Waals surface area (Å²) in [5, 5.41) is 4.80. The number of carbonyl (C=O) groups excluding carboxylic acids is 1. The minimum atomic E-state index is -0.483. The van der Waals surface area contributed by atoms with Gasteiger partial charge in [0.05, 0.1) is 6.61 Å². The van der Waals surface area contributed by atoms with Crippen molar-refractivity contribution < 1.29 is 18.8 Å². The topological polar surface area (TPSA) is 64.8 Å². The van der Waals surface area contributed by atoms with Gasteiger partial charge in [-0.3, -0.25) is 0 Å². The van der Waals surface area contributed by atoms with Crippen molar-refractivity contribution in [2.75, 3.05) is 24.6 Å². The van der Waals surface area contributed by atoms with Gasteiger partial charge in [0.1, 0.15) is 11.4 Å². The van der Waals surface area contributed by atoms with E-state index in [-0.39, 0.29) is 11.4 Å². The third kappa shape index (κ3) is 3.14. The van der Waals surface area contributed by atoms with Gasteiger partial charge in [-0.1, -0.05) is 22.8 Å². The highest BCUT2D eigenvalue weighted by Crippen LogP contribution is 2.42. The molecule has 1 saturated heterocycles. The zero-order chi connectivity index (χ0) is 18.1. The summed E-state index contributed by atoms with van der Waals surface area (Å²) in [5.41, 5.74) is 0.958. The Balaban J connectivity index is 1.42. The highest BCUT2D eigenvalue weighted by Gasteiger charge is 2.40. The minimum Gasteiger partial charge on any atom is -0.487 e. The largest absolute Gasteiger partial charge is 0.487 e. The monoisotopic (exact) mass is 376 g/mol. The first-order valence-electron chi connectivity index (χ1n) is 8.95. The van der Waals surface area contributed by atoms with E-state index >= 15 is 0 Å². The van der Waals surface area contributed by atoms with Gasteiger partial charge in [0, 0.05) is 42.6 Å². The predicted octanol–water partition coefficient (Wildman–Crippen LogP) is 3.87. The van der Waals surface area contributed by atoms with Crippen LogP contribution in [0.15, 0.2) is 28.8 Å². The fraction of sp³-hybridized carbons (Fsp3) is 0.474. The van der Waals surface area contributed by atoms with Crippen LogP contribution in [0.4, 0.5) is 5.82 Å². The molecule has 2 aliphatic rings. The predicted molar refractivity (Wildman–Crippen MR) is 97.0 cm³/mol. The molecule has 2 aromatic rings. The second kappa shape index (κ2) is 6.83. The number of anilines is 1. The van der Waals surface area contributed by atoms with E-state index in [2.05, 4.69) is 10.1 Å². The maximum atomic E-state index is 11.7. The molecule has 0 saturated carbocycles. The molecule has 138 valence electrons. The van der Waals surface area contributed by atoms with E-state index in [1.165, 1.54) is 0 Å². The smallest absolute Gasteiger partial charge is 0.377 e. The van der Waals surface area contributed by atoms with Gasteiger partial charge in [-0.05, 0) is 31.9 Å². The normalized spacial score (nSPS) is 18.3. The molecule has 0 bridgehead atoms. The van der Waals surface area contributed by atoms with Gasteiger partial charge < -0.3 is 18.9 Å². The molecular weight excluding hydrogens is 356 g/mol. The Morgan fingerprint density at radius 3 is 2.92 bits per heavy atom. The van der Waals surface area contributed by atoms with Crippen LogP contribution >= 0.6 is 11.6 Å². The van der Waals surface area contributed by atoms with Crippen molar-refractivity contribution in [3.05, 3.63) is 40.6 Å². The number of benzene rings is 1. The number of piperidine rings is 1. The van der Waals surface area contributed by atoms with Crippen molar-refractivity contribution in [2.45, 2.75) is 38.2 Å². The van der Waals surface area contributed by atoms with Gasteiger partial charge in [0.15, 0.2) is 5.82 Å². The van der Waals surface area contributed by atoms with Crippen LogP contribution in [-0.4, -0.2) is 36.4 Å². The summed E-state index contributed by atoms with van der Waals surface area (Å²) in [4.78, 5) is 13.8. The Labute approximate surface area is 157 Å². The van der Waals surface area contributed by atoms with Gasteiger partial charge in [0.25, 0.3) is 0 Å². The number of carbonyl (C=O) groups is 1. The second-order valence-electron chi connectivity index (χ2n) is 6.76. The number of esters is 1. The van der Waals surface area contributed by atoms with Crippen molar-refractivity contribution in [2.24, 2.45) is 0 Å². The maximum absolute atomic E-state index is 11.7. The van der Waals surface area contributed by atoms with Gasteiger partial charge in [-0.25, -0.2) is 4.79 Å². The fourth-order valence-electron chi connectivity index (χ4n) is 3.72. The summed E-state index contributed by atoms with van der Waals surface area (Å²) in [7, 11) is 0. The van der Waals surface area contributed by atoms with Gasteiger partial charge in [-0.15, -0.1) is 0 Å². The van der Waals surface area contributed by atoms with E-state index < -0.39 is 5.97 Å². The summed E-state index contributed by atoms with van der Waals surface area (Å²) < 4.78 is 16.4.